The predicted octanol–water partition coefficient (Wildman–Crippen LogP) is 0.317. The average molecular weight is 308 g/mol. The highest BCUT2D eigenvalue weighted by Gasteiger charge is 2.11. The summed E-state index contributed by atoms with van der Waals surface area (Å²) in [7, 11) is 1.55. The molecule has 0 radical (unpaired) electrons. The van der Waals surface area contributed by atoms with E-state index in [1.165, 1.54) is 17.4 Å². The van der Waals surface area contributed by atoms with Gasteiger partial charge >= 0.3 is 0 Å². The van der Waals surface area contributed by atoms with Crippen LogP contribution in [0.4, 0.5) is 5.69 Å². The van der Waals surface area contributed by atoms with Gasteiger partial charge in [-0.1, -0.05) is 6.07 Å². The molecule has 0 unspecified atom stereocenters. The summed E-state index contributed by atoms with van der Waals surface area (Å²) in [6, 6.07) is 5.28. The van der Waals surface area contributed by atoms with Crippen molar-refractivity contribution in [3.8, 4) is 10.6 Å². The maximum absolute atomic E-state index is 11.9. The number of hydrogen-bond acceptors (Lipinski definition) is 6. The smallest absolute Gasteiger partial charge is 0.290 e. The maximum Gasteiger partial charge on any atom is 0.290 e. The van der Waals surface area contributed by atoms with Crippen LogP contribution in [-0.4, -0.2) is 35.9 Å². The Labute approximate surface area is 125 Å². The zero-order valence-electron chi connectivity index (χ0n) is 11.5. The van der Waals surface area contributed by atoms with Gasteiger partial charge in [-0.25, -0.2) is 4.68 Å². The van der Waals surface area contributed by atoms with Crippen molar-refractivity contribution in [3.63, 3.8) is 0 Å². The lowest BCUT2D eigenvalue weighted by molar-refractivity contribution is -0.122. The van der Waals surface area contributed by atoms with Crippen molar-refractivity contribution >= 4 is 22.9 Å². The number of carbonyl (C=O) groups excluding carboxylic acids is 1. The van der Waals surface area contributed by atoms with Crippen molar-refractivity contribution in [1.82, 2.24) is 15.1 Å². The second-order valence-electron chi connectivity index (χ2n) is 4.27. The number of rotatable bonds is 6. The molecule has 3 N–H and O–H groups in total. The number of carbonyl (C=O) groups is 1. The highest BCUT2D eigenvalue weighted by Crippen LogP contribution is 2.22. The Kier molecular flexibility index (Phi) is 5.07. The SMILES string of the molecule is COCCNC(=O)Cn1nc(-c2cccs2)cc(N)c1=O. The Morgan fingerprint density at radius 1 is 1.57 bits per heavy atom. The molecule has 7 nitrogen and oxygen atoms in total. The average Bonchev–Trinajstić information content (AvgIpc) is 2.98. The van der Waals surface area contributed by atoms with Crippen LogP contribution in [0.25, 0.3) is 10.6 Å². The molecule has 112 valence electrons. The lowest BCUT2D eigenvalue weighted by Gasteiger charge is -2.08. The van der Waals surface area contributed by atoms with Crippen molar-refractivity contribution < 1.29 is 9.53 Å². The number of hydrogen-bond donors (Lipinski definition) is 2. The Morgan fingerprint density at radius 3 is 3.05 bits per heavy atom. The molecule has 0 aromatic carbocycles. The lowest BCUT2D eigenvalue weighted by Crippen LogP contribution is -2.35. The number of thiophene rings is 1. The molecule has 0 aliphatic carbocycles. The fourth-order valence-corrected chi connectivity index (χ4v) is 2.38. The number of amides is 1. The second-order valence-corrected chi connectivity index (χ2v) is 5.22. The van der Waals surface area contributed by atoms with E-state index in [4.69, 9.17) is 10.5 Å². The molecule has 8 heteroatoms. The lowest BCUT2D eigenvalue weighted by atomic mass is 10.3. The minimum absolute atomic E-state index is 0.0677. The van der Waals surface area contributed by atoms with Crippen LogP contribution in [0.15, 0.2) is 28.4 Å². The molecule has 0 atom stereocenters. The van der Waals surface area contributed by atoms with Gasteiger partial charge in [0.2, 0.25) is 5.91 Å². The second kappa shape index (κ2) is 7.00. The molecule has 2 rings (SSSR count). The van der Waals surface area contributed by atoms with Crippen LogP contribution in [0.1, 0.15) is 0 Å². The minimum atomic E-state index is -0.475. The van der Waals surface area contributed by atoms with Crippen LogP contribution < -0.4 is 16.6 Å². The fourth-order valence-electron chi connectivity index (χ4n) is 1.70. The van der Waals surface area contributed by atoms with E-state index in [1.54, 1.807) is 7.11 Å². The number of nitrogen functional groups attached to an aromatic ring is 1. The number of nitrogens with zero attached hydrogens (tertiary/aromatic N) is 2. The molecular weight excluding hydrogens is 292 g/mol. The normalized spacial score (nSPS) is 10.5. The van der Waals surface area contributed by atoms with E-state index in [0.29, 0.717) is 18.8 Å². The van der Waals surface area contributed by atoms with Gasteiger partial charge in [0.15, 0.2) is 0 Å². The van der Waals surface area contributed by atoms with Crippen LogP contribution in [-0.2, 0) is 16.1 Å². The van der Waals surface area contributed by atoms with E-state index >= 15 is 0 Å². The number of methoxy groups -OCH3 is 1. The van der Waals surface area contributed by atoms with E-state index in [0.717, 1.165) is 9.56 Å². The summed E-state index contributed by atoms with van der Waals surface area (Å²) in [6.07, 6.45) is 0. The molecule has 1 amide bonds. The van der Waals surface area contributed by atoms with E-state index in [2.05, 4.69) is 10.4 Å². The van der Waals surface area contributed by atoms with Gasteiger partial charge in [-0.15, -0.1) is 11.3 Å². The van der Waals surface area contributed by atoms with Crippen molar-refractivity contribution in [3.05, 3.63) is 33.9 Å². The third-order valence-corrected chi connectivity index (χ3v) is 3.59. The molecule has 0 saturated carbocycles. The zero-order valence-corrected chi connectivity index (χ0v) is 12.4. The molecule has 0 saturated heterocycles. The summed E-state index contributed by atoms with van der Waals surface area (Å²) in [5.41, 5.74) is 5.87. The van der Waals surface area contributed by atoms with E-state index in [9.17, 15) is 9.59 Å². The van der Waals surface area contributed by atoms with E-state index in [1.807, 2.05) is 17.5 Å². The van der Waals surface area contributed by atoms with Crippen LogP contribution >= 0.6 is 11.3 Å². The number of nitrogens with two attached hydrogens (primary N) is 1. The van der Waals surface area contributed by atoms with Crippen molar-refractivity contribution in [2.24, 2.45) is 0 Å². The molecular formula is C13H16N4O3S. The summed E-state index contributed by atoms with van der Waals surface area (Å²) < 4.78 is 5.91. The van der Waals surface area contributed by atoms with Gasteiger partial charge in [-0.05, 0) is 17.5 Å². The summed E-state index contributed by atoms with van der Waals surface area (Å²) in [6.45, 7) is 0.613. The first-order valence-electron chi connectivity index (χ1n) is 6.29. The van der Waals surface area contributed by atoms with Crippen molar-refractivity contribution in [1.29, 1.82) is 0 Å². The Balaban J connectivity index is 2.19. The van der Waals surface area contributed by atoms with Crippen LogP contribution in [0, 0.1) is 0 Å². The quantitative estimate of drug-likeness (QED) is 0.749. The van der Waals surface area contributed by atoms with Gasteiger partial charge in [-0.3, -0.25) is 9.59 Å². The summed E-state index contributed by atoms with van der Waals surface area (Å²) in [5.74, 6) is -0.315. The van der Waals surface area contributed by atoms with E-state index < -0.39 is 5.56 Å². The molecule has 2 aromatic heterocycles. The topological polar surface area (TPSA) is 99.2 Å². The van der Waals surface area contributed by atoms with Gasteiger partial charge in [0.05, 0.1) is 11.5 Å². The number of anilines is 1. The van der Waals surface area contributed by atoms with Crippen LogP contribution in [0.2, 0.25) is 0 Å². The first-order chi connectivity index (χ1) is 10.1. The third-order valence-electron chi connectivity index (χ3n) is 2.70. The van der Waals surface area contributed by atoms with Crippen LogP contribution in [0.5, 0.6) is 0 Å². The monoisotopic (exact) mass is 308 g/mol. The zero-order chi connectivity index (χ0) is 15.2. The number of aromatic nitrogens is 2. The summed E-state index contributed by atoms with van der Waals surface area (Å²) >= 11 is 1.48. The molecule has 0 spiro atoms. The van der Waals surface area contributed by atoms with Crippen LogP contribution in [0.3, 0.4) is 0 Å². The third kappa shape index (κ3) is 3.89. The number of ether oxygens (including phenoxy) is 1. The van der Waals surface area contributed by atoms with Crippen molar-refractivity contribution in [2.45, 2.75) is 6.54 Å². The summed E-state index contributed by atoms with van der Waals surface area (Å²) in [4.78, 5) is 24.6. The molecule has 2 aromatic rings. The highest BCUT2D eigenvalue weighted by atomic mass is 32.1. The van der Waals surface area contributed by atoms with E-state index in [-0.39, 0.29) is 18.1 Å². The summed E-state index contributed by atoms with van der Waals surface area (Å²) in [5, 5.41) is 8.72. The Morgan fingerprint density at radius 2 is 2.38 bits per heavy atom. The number of nitrogens with one attached hydrogen (secondary N) is 1. The van der Waals surface area contributed by atoms with Gasteiger partial charge in [0.1, 0.15) is 17.9 Å². The first kappa shape index (κ1) is 15.2. The molecule has 0 aliphatic rings. The standard InChI is InChI=1S/C13H16N4O3S/c1-20-5-4-15-12(18)8-17-13(19)9(14)7-10(16-17)11-3-2-6-21-11/h2-3,6-7H,4-5,8,14H2,1H3,(H,15,18). The maximum atomic E-state index is 11.9. The molecule has 0 fully saturated rings. The molecule has 0 aliphatic heterocycles. The van der Waals surface area contributed by atoms with Gasteiger partial charge in [0, 0.05) is 13.7 Å². The van der Waals surface area contributed by atoms with Crippen molar-refractivity contribution in [2.75, 3.05) is 26.0 Å². The van der Waals surface area contributed by atoms with Gasteiger partial charge in [0.25, 0.3) is 5.56 Å². The highest BCUT2D eigenvalue weighted by molar-refractivity contribution is 7.13. The first-order valence-corrected chi connectivity index (χ1v) is 7.17. The Bertz CT molecular complexity index is 667. The molecule has 0 bridgehead atoms. The Hall–Kier alpha value is -2.19. The fraction of sp³-hybridized carbons (Fsp3) is 0.308. The molecule has 21 heavy (non-hydrogen) atoms. The molecule has 2 heterocycles. The largest absolute Gasteiger partial charge is 0.394 e. The predicted molar refractivity (Wildman–Crippen MR) is 81.1 cm³/mol. The minimum Gasteiger partial charge on any atom is -0.394 e. The van der Waals surface area contributed by atoms with Gasteiger partial charge in [-0.2, -0.15) is 5.10 Å². The van der Waals surface area contributed by atoms with Gasteiger partial charge < -0.3 is 15.8 Å².